The predicted molar refractivity (Wildman–Crippen MR) is 93.3 cm³/mol. The van der Waals surface area contributed by atoms with Crippen LogP contribution in [0.2, 0.25) is 0 Å². The van der Waals surface area contributed by atoms with Crippen molar-refractivity contribution in [1.82, 2.24) is 4.72 Å². The standard InChI is InChI=1S/C17H20N2O4S/c1-12-5-6-14(11-16(12)19(20)21)13-7-9-15(10-8-13)24(22,23)18-17(2,3)4/h5-11,18H,1-4H3. The summed E-state index contributed by atoms with van der Waals surface area (Å²) in [5, 5.41) is 11.0. The van der Waals surface area contributed by atoms with Gasteiger partial charge in [-0.25, -0.2) is 13.1 Å². The quantitative estimate of drug-likeness (QED) is 0.674. The number of sulfonamides is 1. The van der Waals surface area contributed by atoms with Crippen LogP contribution < -0.4 is 4.72 Å². The second-order valence-electron chi connectivity index (χ2n) is 6.64. The van der Waals surface area contributed by atoms with Crippen molar-refractivity contribution in [1.29, 1.82) is 0 Å². The Morgan fingerprint density at radius 2 is 1.54 bits per heavy atom. The molecule has 0 saturated carbocycles. The van der Waals surface area contributed by atoms with E-state index >= 15 is 0 Å². The van der Waals surface area contributed by atoms with Gasteiger partial charge in [0.15, 0.2) is 0 Å². The number of nitrogens with zero attached hydrogens (tertiary/aromatic N) is 1. The van der Waals surface area contributed by atoms with Crippen molar-refractivity contribution < 1.29 is 13.3 Å². The van der Waals surface area contributed by atoms with Gasteiger partial charge in [-0.3, -0.25) is 10.1 Å². The van der Waals surface area contributed by atoms with E-state index in [9.17, 15) is 18.5 Å². The first-order valence-electron chi connectivity index (χ1n) is 7.39. The molecule has 0 saturated heterocycles. The molecule has 0 aliphatic carbocycles. The van der Waals surface area contributed by atoms with E-state index in [-0.39, 0.29) is 10.6 Å². The van der Waals surface area contributed by atoms with Crippen molar-refractivity contribution in [2.24, 2.45) is 0 Å². The minimum absolute atomic E-state index is 0.0404. The number of nitro groups is 1. The van der Waals surface area contributed by atoms with Crippen molar-refractivity contribution in [3.05, 3.63) is 58.1 Å². The highest BCUT2D eigenvalue weighted by atomic mass is 32.2. The predicted octanol–water partition coefficient (Wildman–Crippen LogP) is 3.65. The summed E-state index contributed by atoms with van der Waals surface area (Å²) in [5.41, 5.74) is 1.43. The van der Waals surface area contributed by atoms with Crippen molar-refractivity contribution in [2.75, 3.05) is 0 Å². The first kappa shape index (κ1) is 18.1. The Kier molecular flexibility index (Phi) is 4.77. The molecule has 2 rings (SSSR count). The van der Waals surface area contributed by atoms with Gasteiger partial charge in [-0.1, -0.05) is 24.3 Å². The average Bonchev–Trinajstić information content (AvgIpc) is 2.45. The maximum Gasteiger partial charge on any atom is 0.272 e. The third kappa shape index (κ3) is 4.18. The summed E-state index contributed by atoms with van der Waals surface area (Å²) < 4.78 is 27.2. The fourth-order valence-electron chi connectivity index (χ4n) is 2.27. The van der Waals surface area contributed by atoms with E-state index < -0.39 is 20.5 Å². The van der Waals surface area contributed by atoms with Crippen LogP contribution in [-0.2, 0) is 10.0 Å². The van der Waals surface area contributed by atoms with Gasteiger partial charge in [-0.05, 0) is 51.0 Å². The molecule has 0 aromatic heterocycles. The molecule has 0 amide bonds. The molecule has 0 radical (unpaired) electrons. The van der Waals surface area contributed by atoms with Crippen LogP contribution in [0.5, 0.6) is 0 Å². The molecule has 2 aromatic carbocycles. The van der Waals surface area contributed by atoms with Crippen LogP contribution in [0.4, 0.5) is 5.69 Å². The minimum atomic E-state index is -3.60. The second-order valence-corrected chi connectivity index (χ2v) is 8.32. The van der Waals surface area contributed by atoms with Crippen molar-refractivity contribution >= 4 is 15.7 Å². The number of nitrogens with one attached hydrogen (secondary N) is 1. The average molecular weight is 348 g/mol. The number of nitro benzene ring substituents is 1. The molecule has 24 heavy (non-hydrogen) atoms. The Morgan fingerprint density at radius 3 is 2.04 bits per heavy atom. The molecule has 2 aromatic rings. The van der Waals surface area contributed by atoms with Crippen LogP contribution in [0.25, 0.3) is 11.1 Å². The lowest BCUT2D eigenvalue weighted by atomic mass is 10.0. The molecular formula is C17H20N2O4S. The van der Waals surface area contributed by atoms with E-state index in [2.05, 4.69) is 4.72 Å². The molecule has 1 N–H and O–H groups in total. The molecule has 0 fully saturated rings. The van der Waals surface area contributed by atoms with E-state index in [4.69, 9.17) is 0 Å². The zero-order valence-corrected chi connectivity index (χ0v) is 14.8. The lowest BCUT2D eigenvalue weighted by Crippen LogP contribution is -2.40. The van der Waals surface area contributed by atoms with E-state index in [0.717, 1.165) is 0 Å². The lowest BCUT2D eigenvalue weighted by Gasteiger charge is -2.20. The Bertz CT molecular complexity index is 866. The van der Waals surface area contributed by atoms with Crippen LogP contribution in [0.1, 0.15) is 26.3 Å². The van der Waals surface area contributed by atoms with Gasteiger partial charge in [0.05, 0.1) is 9.82 Å². The summed E-state index contributed by atoms with van der Waals surface area (Å²) in [4.78, 5) is 10.8. The molecule has 0 aliphatic rings. The highest BCUT2D eigenvalue weighted by Crippen LogP contribution is 2.27. The number of aryl methyl sites for hydroxylation is 1. The van der Waals surface area contributed by atoms with Crippen LogP contribution in [-0.4, -0.2) is 18.9 Å². The summed E-state index contributed by atoms with van der Waals surface area (Å²) in [7, 11) is -3.60. The maximum atomic E-state index is 12.3. The number of hydrogen-bond acceptors (Lipinski definition) is 4. The topological polar surface area (TPSA) is 89.3 Å². The largest absolute Gasteiger partial charge is 0.272 e. The summed E-state index contributed by atoms with van der Waals surface area (Å²) in [6.45, 7) is 6.98. The third-order valence-electron chi connectivity index (χ3n) is 3.34. The number of benzene rings is 2. The van der Waals surface area contributed by atoms with E-state index in [1.54, 1.807) is 52.0 Å². The van der Waals surface area contributed by atoms with Gasteiger partial charge in [-0.2, -0.15) is 0 Å². The second kappa shape index (κ2) is 6.33. The maximum absolute atomic E-state index is 12.3. The fourth-order valence-corrected chi connectivity index (χ4v) is 3.69. The van der Waals surface area contributed by atoms with Crippen molar-refractivity contribution in [2.45, 2.75) is 38.1 Å². The van der Waals surface area contributed by atoms with Gasteiger partial charge in [0.25, 0.3) is 5.69 Å². The Balaban J connectivity index is 2.37. The van der Waals surface area contributed by atoms with Crippen molar-refractivity contribution in [3.8, 4) is 11.1 Å². The van der Waals surface area contributed by atoms with Crippen LogP contribution in [0, 0.1) is 17.0 Å². The van der Waals surface area contributed by atoms with Gasteiger partial charge in [-0.15, -0.1) is 0 Å². The summed E-state index contributed by atoms with van der Waals surface area (Å²) in [6.07, 6.45) is 0. The smallest absolute Gasteiger partial charge is 0.258 e. The Labute approximate surface area is 141 Å². The van der Waals surface area contributed by atoms with Gasteiger partial charge >= 0.3 is 0 Å². The zero-order valence-electron chi connectivity index (χ0n) is 14.0. The number of hydrogen-bond donors (Lipinski definition) is 1. The molecule has 0 unspecified atom stereocenters. The molecular weight excluding hydrogens is 328 g/mol. The molecule has 0 atom stereocenters. The molecule has 128 valence electrons. The van der Waals surface area contributed by atoms with Crippen LogP contribution >= 0.6 is 0 Å². The van der Waals surface area contributed by atoms with Crippen LogP contribution in [0.3, 0.4) is 0 Å². The first-order valence-corrected chi connectivity index (χ1v) is 8.87. The Morgan fingerprint density at radius 1 is 1.00 bits per heavy atom. The normalized spacial score (nSPS) is 12.2. The third-order valence-corrected chi connectivity index (χ3v) is 5.12. The van der Waals surface area contributed by atoms with Gasteiger partial charge in [0.1, 0.15) is 0 Å². The van der Waals surface area contributed by atoms with E-state index in [0.29, 0.717) is 16.7 Å². The molecule has 0 aliphatic heterocycles. The molecule has 0 bridgehead atoms. The minimum Gasteiger partial charge on any atom is -0.258 e. The summed E-state index contributed by atoms with van der Waals surface area (Å²) in [6, 6.07) is 11.2. The fraction of sp³-hybridized carbons (Fsp3) is 0.294. The lowest BCUT2D eigenvalue weighted by molar-refractivity contribution is -0.385. The first-order chi connectivity index (χ1) is 11.0. The molecule has 0 heterocycles. The van der Waals surface area contributed by atoms with Gasteiger partial charge < -0.3 is 0 Å². The molecule has 0 spiro atoms. The Hall–Kier alpha value is -2.25. The summed E-state index contributed by atoms with van der Waals surface area (Å²) >= 11 is 0. The molecule has 7 heteroatoms. The van der Waals surface area contributed by atoms with Crippen molar-refractivity contribution in [3.63, 3.8) is 0 Å². The highest BCUT2D eigenvalue weighted by molar-refractivity contribution is 7.89. The summed E-state index contributed by atoms with van der Waals surface area (Å²) in [5.74, 6) is 0. The van der Waals surface area contributed by atoms with Crippen LogP contribution in [0.15, 0.2) is 47.4 Å². The zero-order chi connectivity index (χ0) is 18.1. The SMILES string of the molecule is Cc1ccc(-c2ccc(S(=O)(=O)NC(C)(C)C)cc2)cc1[N+](=O)[O-]. The van der Waals surface area contributed by atoms with Gasteiger partial charge in [0.2, 0.25) is 10.0 Å². The highest BCUT2D eigenvalue weighted by Gasteiger charge is 2.22. The molecule has 6 nitrogen and oxygen atoms in total. The van der Waals surface area contributed by atoms with Gasteiger partial charge in [0, 0.05) is 17.2 Å². The van der Waals surface area contributed by atoms with E-state index in [1.165, 1.54) is 18.2 Å². The van der Waals surface area contributed by atoms with E-state index in [1.807, 2.05) is 0 Å². The monoisotopic (exact) mass is 348 g/mol. The number of rotatable bonds is 4.